The number of fused-ring (bicyclic) bond motifs is 3. The van der Waals surface area contributed by atoms with Gasteiger partial charge < -0.3 is 10.5 Å². The van der Waals surface area contributed by atoms with Gasteiger partial charge in [0.15, 0.2) is 0 Å². The molecule has 3 atom stereocenters. The van der Waals surface area contributed by atoms with E-state index in [9.17, 15) is 0 Å². The summed E-state index contributed by atoms with van der Waals surface area (Å²) in [5.41, 5.74) is 7.65. The Morgan fingerprint density at radius 3 is 2.60 bits per heavy atom. The zero-order chi connectivity index (χ0) is 13.5. The minimum absolute atomic E-state index is 0.414. The van der Waals surface area contributed by atoms with Crippen molar-refractivity contribution in [1.29, 1.82) is 0 Å². The van der Waals surface area contributed by atoms with Crippen molar-refractivity contribution in [3.8, 4) is 5.75 Å². The molecule has 3 aliphatic heterocycles. The van der Waals surface area contributed by atoms with Gasteiger partial charge in [-0.3, -0.25) is 4.90 Å². The monoisotopic (exact) mass is 272 g/mol. The third kappa shape index (κ3) is 2.04. The van der Waals surface area contributed by atoms with Crippen LogP contribution in [0.15, 0.2) is 24.3 Å². The highest BCUT2D eigenvalue weighted by atomic mass is 16.5. The van der Waals surface area contributed by atoms with Crippen LogP contribution in [0.4, 0.5) is 0 Å². The lowest BCUT2D eigenvalue weighted by molar-refractivity contribution is -0.0189. The second kappa shape index (κ2) is 5.05. The van der Waals surface area contributed by atoms with E-state index < -0.39 is 0 Å². The molecule has 108 valence electrons. The molecule has 2 N–H and O–H groups in total. The molecule has 3 unspecified atom stereocenters. The van der Waals surface area contributed by atoms with Gasteiger partial charge in [-0.05, 0) is 31.7 Å². The first kappa shape index (κ1) is 12.7. The maximum Gasteiger partial charge on any atom is 0.124 e. The van der Waals surface area contributed by atoms with Gasteiger partial charge in [-0.2, -0.15) is 0 Å². The Kier molecular flexibility index (Phi) is 3.20. The van der Waals surface area contributed by atoms with E-state index in [0.29, 0.717) is 24.2 Å². The van der Waals surface area contributed by atoms with E-state index in [4.69, 9.17) is 10.5 Å². The highest BCUT2D eigenvalue weighted by Gasteiger charge is 2.42. The molecule has 0 aliphatic carbocycles. The summed E-state index contributed by atoms with van der Waals surface area (Å²) in [6, 6.07) is 10.9. The second-order valence-corrected chi connectivity index (χ2v) is 6.61. The molecule has 2 fully saturated rings. The van der Waals surface area contributed by atoms with Crippen molar-refractivity contribution >= 4 is 0 Å². The summed E-state index contributed by atoms with van der Waals surface area (Å²) in [6.07, 6.45) is 7.50. The number of rotatable bonds is 1. The van der Waals surface area contributed by atoms with Gasteiger partial charge in [0.1, 0.15) is 5.75 Å². The third-order valence-electron chi connectivity index (χ3n) is 5.35. The Morgan fingerprint density at radius 2 is 1.80 bits per heavy atom. The van der Waals surface area contributed by atoms with E-state index in [1.165, 1.54) is 37.7 Å². The first-order chi connectivity index (χ1) is 9.83. The fourth-order valence-electron chi connectivity index (χ4n) is 4.60. The molecular formula is C17H24N2O. The SMILES string of the molecule is NC1CC2CCCC(C1)N2C1CCOc2ccccc21. The molecule has 1 aromatic rings. The maximum absolute atomic E-state index is 6.26. The standard InChI is InChI=1S/C17H24N2O/c18-12-10-13-4-3-5-14(11-12)19(13)16-8-9-20-17-7-2-1-6-15(16)17/h1-2,6-7,12-14,16H,3-5,8-11,18H2. The molecule has 4 rings (SSSR count). The van der Waals surface area contributed by atoms with Gasteiger partial charge in [0, 0.05) is 36.2 Å². The van der Waals surface area contributed by atoms with Crippen LogP contribution in [0.2, 0.25) is 0 Å². The van der Waals surface area contributed by atoms with Crippen LogP contribution in [0.25, 0.3) is 0 Å². The van der Waals surface area contributed by atoms with Crippen LogP contribution in [0, 0.1) is 0 Å². The number of ether oxygens (including phenoxy) is 1. The molecule has 0 aromatic heterocycles. The number of hydrogen-bond donors (Lipinski definition) is 1. The highest BCUT2D eigenvalue weighted by Crippen LogP contribution is 2.44. The average molecular weight is 272 g/mol. The van der Waals surface area contributed by atoms with E-state index in [2.05, 4.69) is 29.2 Å². The predicted octanol–water partition coefficient (Wildman–Crippen LogP) is 2.85. The Balaban J connectivity index is 1.68. The zero-order valence-corrected chi connectivity index (χ0v) is 12.0. The third-order valence-corrected chi connectivity index (χ3v) is 5.35. The van der Waals surface area contributed by atoms with E-state index in [0.717, 1.165) is 18.8 Å². The Bertz CT molecular complexity index is 476. The van der Waals surface area contributed by atoms with Gasteiger partial charge in [-0.1, -0.05) is 24.6 Å². The highest BCUT2D eigenvalue weighted by molar-refractivity contribution is 5.37. The topological polar surface area (TPSA) is 38.5 Å². The molecular weight excluding hydrogens is 248 g/mol. The van der Waals surface area contributed by atoms with Gasteiger partial charge in [0.25, 0.3) is 0 Å². The van der Waals surface area contributed by atoms with Crippen molar-refractivity contribution in [2.24, 2.45) is 5.73 Å². The van der Waals surface area contributed by atoms with Crippen molar-refractivity contribution in [3.63, 3.8) is 0 Å². The number of para-hydroxylation sites is 1. The predicted molar refractivity (Wildman–Crippen MR) is 79.8 cm³/mol. The molecule has 2 saturated heterocycles. The van der Waals surface area contributed by atoms with Crippen molar-refractivity contribution in [2.75, 3.05) is 6.61 Å². The summed E-state index contributed by atoms with van der Waals surface area (Å²) < 4.78 is 5.84. The Morgan fingerprint density at radius 1 is 1.05 bits per heavy atom. The molecule has 3 heterocycles. The normalized spacial score (nSPS) is 37.0. The Hall–Kier alpha value is -1.06. The van der Waals surface area contributed by atoms with E-state index in [1.54, 1.807) is 0 Å². The molecule has 3 heteroatoms. The van der Waals surface area contributed by atoms with Gasteiger partial charge in [0.2, 0.25) is 0 Å². The molecule has 3 aliphatic rings. The van der Waals surface area contributed by atoms with Crippen LogP contribution in [0.3, 0.4) is 0 Å². The van der Waals surface area contributed by atoms with Crippen LogP contribution in [-0.4, -0.2) is 29.6 Å². The van der Waals surface area contributed by atoms with Gasteiger partial charge in [0.05, 0.1) is 6.61 Å². The van der Waals surface area contributed by atoms with Gasteiger partial charge in [-0.15, -0.1) is 0 Å². The molecule has 2 bridgehead atoms. The smallest absolute Gasteiger partial charge is 0.124 e. The van der Waals surface area contributed by atoms with Crippen LogP contribution in [-0.2, 0) is 0 Å². The van der Waals surface area contributed by atoms with E-state index >= 15 is 0 Å². The van der Waals surface area contributed by atoms with Crippen LogP contribution >= 0.6 is 0 Å². The fourth-order valence-corrected chi connectivity index (χ4v) is 4.60. The lowest BCUT2D eigenvalue weighted by atomic mass is 9.79. The molecule has 0 amide bonds. The number of hydrogen-bond acceptors (Lipinski definition) is 3. The average Bonchev–Trinajstić information content (AvgIpc) is 2.46. The number of nitrogens with zero attached hydrogens (tertiary/aromatic N) is 1. The first-order valence-corrected chi connectivity index (χ1v) is 8.07. The first-order valence-electron chi connectivity index (χ1n) is 8.07. The molecule has 0 spiro atoms. The molecule has 0 radical (unpaired) electrons. The van der Waals surface area contributed by atoms with Crippen molar-refractivity contribution < 1.29 is 4.74 Å². The molecule has 0 saturated carbocycles. The summed E-state index contributed by atoms with van der Waals surface area (Å²) in [6.45, 7) is 0.851. The molecule has 1 aromatic carbocycles. The van der Waals surface area contributed by atoms with E-state index in [-0.39, 0.29) is 0 Å². The summed E-state index contributed by atoms with van der Waals surface area (Å²) in [4.78, 5) is 2.80. The molecule has 20 heavy (non-hydrogen) atoms. The molecule has 3 nitrogen and oxygen atoms in total. The quantitative estimate of drug-likeness (QED) is 0.854. The largest absolute Gasteiger partial charge is 0.493 e. The van der Waals surface area contributed by atoms with Crippen LogP contribution in [0.5, 0.6) is 5.75 Å². The maximum atomic E-state index is 6.26. The zero-order valence-electron chi connectivity index (χ0n) is 12.0. The van der Waals surface area contributed by atoms with Gasteiger partial charge >= 0.3 is 0 Å². The lowest BCUT2D eigenvalue weighted by Gasteiger charge is -2.52. The summed E-state index contributed by atoms with van der Waals surface area (Å²) >= 11 is 0. The van der Waals surface area contributed by atoms with Crippen LogP contribution in [0.1, 0.15) is 50.1 Å². The van der Waals surface area contributed by atoms with Gasteiger partial charge in [-0.25, -0.2) is 0 Å². The lowest BCUT2D eigenvalue weighted by Crippen LogP contribution is -2.56. The van der Waals surface area contributed by atoms with E-state index in [1.807, 2.05) is 0 Å². The number of piperidine rings is 2. The van der Waals surface area contributed by atoms with Crippen molar-refractivity contribution in [1.82, 2.24) is 4.90 Å². The number of nitrogens with two attached hydrogens (primary N) is 1. The van der Waals surface area contributed by atoms with Crippen molar-refractivity contribution in [2.45, 2.75) is 62.7 Å². The second-order valence-electron chi connectivity index (χ2n) is 6.61. The minimum atomic E-state index is 0.414. The summed E-state index contributed by atoms with van der Waals surface area (Å²) in [5.74, 6) is 1.09. The fraction of sp³-hybridized carbons (Fsp3) is 0.647. The van der Waals surface area contributed by atoms with Crippen LogP contribution < -0.4 is 10.5 Å². The summed E-state index contributed by atoms with van der Waals surface area (Å²) in [5, 5.41) is 0. The summed E-state index contributed by atoms with van der Waals surface area (Å²) in [7, 11) is 0. The Labute approximate surface area is 121 Å². The minimum Gasteiger partial charge on any atom is -0.493 e. The number of benzene rings is 1. The van der Waals surface area contributed by atoms with Crippen molar-refractivity contribution in [3.05, 3.63) is 29.8 Å².